The molecule has 172 valence electrons. The normalized spacial score (nSPS) is 15.2. The molecule has 0 saturated carbocycles. The first-order valence-electron chi connectivity index (χ1n) is 10.3. The number of aromatic nitrogens is 2. The summed E-state index contributed by atoms with van der Waals surface area (Å²) in [4.78, 5) is 25.1. The number of rotatable bonds is 9. The van der Waals surface area contributed by atoms with Crippen molar-refractivity contribution in [1.29, 1.82) is 0 Å². The van der Waals surface area contributed by atoms with E-state index in [1.54, 1.807) is 24.3 Å². The number of nitrogens with one attached hydrogen (secondary N) is 3. The lowest BCUT2D eigenvalue weighted by Gasteiger charge is -2.11. The molecule has 2 aromatic carbocycles. The van der Waals surface area contributed by atoms with Crippen molar-refractivity contribution in [3.8, 4) is 0 Å². The molecular weight excluding hydrogens is 465 g/mol. The van der Waals surface area contributed by atoms with Gasteiger partial charge in [0.25, 0.3) is 5.91 Å². The lowest BCUT2D eigenvalue weighted by atomic mass is 10.1. The van der Waals surface area contributed by atoms with Crippen molar-refractivity contribution in [2.75, 3.05) is 34.9 Å². The van der Waals surface area contributed by atoms with Crippen molar-refractivity contribution < 1.29 is 18.7 Å². The maximum atomic E-state index is 13.1. The number of carbonyl (C=O) groups is 2. The second kappa shape index (κ2) is 11.2. The zero-order valence-corrected chi connectivity index (χ0v) is 19.2. The van der Waals surface area contributed by atoms with E-state index in [1.807, 2.05) is 0 Å². The lowest BCUT2D eigenvalue weighted by molar-refractivity contribution is -0.113. The molecule has 2 amide bonds. The van der Waals surface area contributed by atoms with Crippen LogP contribution in [0.25, 0.3) is 0 Å². The van der Waals surface area contributed by atoms with Gasteiger partial charge in [-0.25, -0.2) is 4.39 Å². The molecule has 0 spiro atoms. The standard InChI is InChI=1S/C22H22FN5O3S2/c23-14-7-9-15(10-8-14)25-20(30)17-5-1-2-6-18(17)26-19(29)13-32-22-28-27-21(33-22)24-12-16-4-3-11-31-16/h1-2,5-10,16H,3-4,11-13H2,(H,24,27)(H,25,30)(H,26,29)/t16-/m0/s1. The van der Waals surface area contributed by atoms with Crippen LogP contribution in [0.3, 0.4) is 0 Å². The molecule has 0 unspecified atom stereocenters. The van der Waals surface area contributed by atoms with Gasteiger partial charge >= 0.3 is 0 Å². The smallest absolute Gasteiger partial charge is 0.257 e. The molecule has 1 aromatic heterocycles. The highest BCUT2D eigenvalue weighted by molar-refractivity contribution is 8.01. The second-order valence-corrected chi connectivity index (χ2v) is 9.43. The second-order valence-electron chi connectivity index (χ2n) is 7.23. The van der Waals surface area contributed by atoms with E-state index in [2.05, 4.69) is 26.1 Å². The van der Waals surface area contributed by atoms with Gasteiger partial charge in [-0.2, -0.15) is 0 Å². The Morgan fingerprint density at radius 3 is 2.73 bits per heavy atom. The van der Waals surface area contributed by atoms with Crippen molar-refractivity contribution >= 4 is 51.4 Å². The fourth-order valence-electron chi connectivity index (χ4n) is 3.18. The fraction of sp³-hybridized carbons (Fsp3) is 0.273. The van der Waals surface area contributed by atoms with Gasteiger partial charge in [-0.15, -0.1) is 10.2 Å². The van der Waals surface area contributed by atoms with Crippen molar-refractivity contribution in [1.82, 2.24) is 10.2 Å². The van der Waals surface area contributed by atoms with Crippen LogP contribution >= 0.6 is 23.1 Å². The van der Waals surface area contributed by atoms with Crippen molar-refractivity contribution in [2.24, 2.45) is 0 Å². The summed E-state index contributed by atoms with van der Waals surface area (Å²) in [5.74, 6) is -0.949. The molecule has 0 aliphatic carbocycles. The number of benzene rings is 2. The third-order valence-corrected chi connectivity index (χ3v) is 6.80. The molecule has 3 aromatic rings. The lowest BCUT2D eigenvalue weighted by Crippen LogP contribution is -2.19. The van der Waals surface area contributed by atoms with E-state index >= 15 is 0 Å². The monoisotopic (exact) mass is 487 g/mol. The molecule has 1 saturated heterocycles. The predicted molar refractivity (Wildman–Crippen MR) is 128 cm³/mol. The number of thioether (sulfide) groups is 1. The number of hydrogen-bond donors (Lipinski definition) is 3. The summed E-state index contributed by atoms with van der Waals surface area (Å²) in [6, 6.07) is 12.2. The third kappa shape index (κ3) is 6.73. The van der Waals surface area contributed by atoms with Crippen LogP contribution in [0.2, 0.25) is 0 Å². The summed E-state index contributed by atoms with van der Waals surface area (Å²) in [5.41, 5.74) is 1.15. The molecule has 4 rings (SSSR count). The average Bonchev–Trinajstić information content (AvgIpc) is 3.50. The molecule has 2 heterocycles. The van der Waals surface area contributed by atoms with Gasteiger partial charge in [0.15, 0.2) is 4.34 Å². The van der Waals surface area contributed by atoms with Crippen LogP contribution in [0, 0.1) is 5.82 Å². The van der Waals surface area contributed by atoms with Gasteiger partial charge in [0.2, 0.25) is 11.0 Å². The minimum atomic E-state index is -0.406. The van der Waals surface area contributed by atoms with E-state index < -0.39 is 5.91 Å². The highest BCUT2D eigenvalue weighted by Crippen LogP contribution is 2.26. The van der Waals surface area contributed by atoms with Crippen LogP contribution in [0.15, 0.2) is 52.9 Å². The van der Waals surface area contributed by atoms with Gasteiger partial charge < -0.3 is 20.7 Å². The first-order valence-corrected chi connectivity index (χ1v) is 12.1. The maximum Gasteiger partial charge on any atom is 0.257 e. The minimum Gasteiger partial charge on any atom is -0.376 e. The maximum absolute atomic E-state index is 13.1. The zero-order valence-electron chi connectivity index (χ0n) is 17.5. The van der Waals surface area contributed by atoms with Crippen LogP contribution in [0.5, 0.6) is 0 Å². The quantitative estimate of drug-likeness (QED) is 0.388. The fourth-order valence-corrected chi connectivity index (χ4v) is 4.74. The van der Waals surface area contributed by atoms with Gasteiger partial charge in [0.1, 0.15) is 5.82 Å². The van der Waals surface area contributed by atoms with Crippen LogP contribution in [-0.4, -0.2) is 47.0 Å². The summed E-state index contributed by atoms with van der Waals surface area (Å²) < 4.78 is 19.3. The number of halogens is 1. The molecule has 1 aliphatic heterocycles. The summed E-state index contributed by atoms with van der Waals surface area (Å²) in [7, 11) is 0. The molecule has 0 radical (unpaired) electrons. The number of para-hydroxylation sites is 1. The number of carbonyl (C=O) groups excluding carboxylic acids is 2. The molecule has 8 nitrogen and oxygen atoms in total. The molecule has 1 fully saturated rings. The van der Waals surface area contributed by atoms with E-state index in [4.69, 9.17) is 4.74 Å². The van der Waals surface area contributed by atoms with Crippen LogP contribution in [0.1, 0.15) is 23.2 Å². The molecule has 33 heavy (non-hydrogen) atoms. The summed E-state index contributed by atoms with van der Waals surface area (Å²) in [5, 5.41) is 17.6. The van der Waals surface area contributed by atoms with E-state index in [9.17, 15) is 14.0 Å². The van der Waals surface area contributed by atoms with Gasteiger partial charge in [-0.05, 0) is 49.2 Å². The SMILES string of the molecule is O=C(CSc1nnc(NC[C@@H]2CCCO2)s1)Nc1ccccc1C(=O)Nc1ccc(F)cc1. The zero-order chi connectivity index (χ0) is 23.0. The van der Waals surface area contributed by atoms with E-state index in [1.165, 1.54) is 47.4 Å². The molecule has 1 aliphatic rings. The Morgan fingerprint density at radius 2 is 1.94 bits per heavy atom. The minimum absolute atomic E-state index is 0.119. The van der Waals surface area contributed by atoms with Crippen molar-refractivity contribution in [2.45, 2.75) is 23.3 Å². The molecular formula is C22H22FN5O3S2. The number of ether oxygens (including phenoxy) is 1. The van der Waals surface area contributed by atoms with Crippen molar-refractivity contribution in [3.05, 3.63) is 59.9 Å². The Hall–Kier alpha value is -3.02. The number of hydrogen-bond acceptors (Lipinski definition) is 8. The highest BCUT2D eigenvalue weighted by atomic mass is 32.2. The first kappa shape index (κ1) is 23.1. The Bertz CT molecular complexity index is 1100. The number of anilines is 3. The van der Waals surface area contributed by atoms with Gasteiger partial charge in [-0.3, -0.25) is 9.59 Å². The van der Waals surface area contributed by atoms with E-state index in [0.717, 1.165) is 19.4 Å². The number of nitrogens with zero attached hydrogens (tertiary/aromatic N) is 2. The van der Waals surface area contributed by atoms with Crippen LogP contribution < -0.4 is 16.0 Å². The predicted octanol–water partition coefficient (Wildman–Crippen LogP) is 4.25. The van der Waals surface area contributed by atoms with Crippen LogP contribution in [-0.2, 0) is 9.53 Å². The van der Waals surface area contributed by atoms with E-state index in [0.29, 0.717) is 33.0 Å². The Morgan fingerprint density at radius 1 is 1.12 bits per heavy atom. The average molecular weight is 488 g/mol. The highest BCUT2D eigenvalue weighted by Gasteiger charge is 2.17. The molecule has 0 bridgehead atoms. The Labute approximate surface area is 198 Å². The van der Waals surface area contributed by atoms with Gasteiger partial charge in [0, 0.05) is 18.8 Å². The largest absolute Gasteiger partial charge is 0.376 e. The van der Waals surface area contributed by atoms with E-state index in [-0.39, 0.29) is 23.6 Å². The van der Waals surface area contributed by atoms with Gasteiger partial charge in [-0.1, -0.05) is 35.2 Å². The van der Waals surface area contributed by atoms with Crippen molar-refractivity contribution in [3.63, 3.8) is 0 Å². The van der Waals surface area contributed by atoms with Crippen LogP contribution in [0.4, 0.5) is 20.9 Å². The third-order valence-electron chi connectivity index (χ3n) is 4.79. The number of amides is 2. The Kier molecular flexibility index (Phi) is 7.87. The molecule has 1 atom stereocenters. The summed E-state index contributed by atoms with van der Waals surface area (Å²) in [6.45, 7) is 1.49. The molecule has 3 N–H and O–H groups in total. The first-order chi connectivity index (χ1) is 16.1. The molecule has 11 heteroatoms. The topological polar surface area (TPSA) is 105 Å². The Balaban J connectivity index is 1.29. The summed E-state index contributed by atoms with van der Waals surface area (Å²) in [6.07, 6.45) is 2.32. The van der Waals surface area contributed by atoms with Gasteiger partial charge in [0.05, 0.1) is 23.1 Å². The summed E-state index contributed by atoms with van der Waals surface area (Å²) >= 11 is 2.65.